The largest absolute Gasteiger partial charge is 0.244 e. The van der Waals surface area contributed by atoms with Crippen LogP contribution in [0.15, 0.2) is 79.4 Å². The van der Waals surface area contributed by atoms with Gasteiger partial charge >= 0.3 is 0 Å². The van der Waals surface area contributed by atoms with Crippen LogP contribution in [-0.4, -0.2) is 4.57 Å². The van der Waals surface area contributed by atoms with Crippen molar-refractivity contribution < 1.29 is 4.57 Å². The molecule has 2 nitrogen and oxygen atoms in total. The Hall–Kier alpha value is -2.35. The number of nitrogens with zero attached hydrogens (tertiary/aromatic N) is 2. The van der Waals surface area contributed by atoms with Gasteiger partial charge in [-0.25, -0.2) is 9.13 Å². The van der Waals surface area contributed by atoms with Crippen LogP contribution >= 0.6 is 0 Å². The molecule has 1 heterocycles. The lowest BCUT2D eigenvalue weighted by molar-refractivity contribution is -0.697. The van der Waals surface area contributed by atoms with Gasteiger partial charge in [0, 0.05) is 5.41 Å². The molecule has 0 aliphatic carbocycles. The van der Waals surface area contributed by atoms with Crippen molar-refractivity contribution in [2.75, 3.05) is 0 Å². The first-order valence-corrected chi connectivity index (χ1v) is 12.8. The van der Waals surface area contributed by atoms with Crippen LogP contribution in [0.4, 0.5) is 0 Å². The van der Waals surface area contributed by atoms with E-state index in [1.54, 1.807) is 0 Å². The summed E-state index contributed by atoms with van der Waals surface area (Å²) in [5.41, 5.74) is 2.88. The maximum absolute atomic E-state index is 2.52. The van der Waals surface area contributed by atoms with Crippen molar-refractivity contribution in [1.82, 2.24) is 4.57 Å². The average Bonchev–Trinajstić information content (AvgIpc) is 3.29. The second kappa shape index (κ2) is 12.6. The zero-order valence-electron chi connectivity index (χ0n) is 20.5. The smallest absolute Gasteiger partial charge is 0.237 e. The molecule has 0 fully saturated rings. The lowest BCUT2D eigenvalue weighted by Gasteiger charge is -2.37. The van der Waals surface area contributed by atoms with Gasteiger partial charge in [-0.3, -0.25) is 0 Å². The lowest BCUT2D eigenvalue weighted by Crippen LogP contribution is -2.38. The third kappa shape index (κ3) is 6.58. The second-order valence-electron chi connectivity index (χ2n) is 9.62. The number of rotatable bonds is 14. The summed E-state index contributed by atoms with van der Waals surface area (Å²) in [4.78, 5) is 0. The second-order valence-corrected chi connectivity index (χ2v) is 9.62. The number of hydrogen-bond acceptors (Lipinski definition) is 0. The van der Waals surface area contributed by atoms with Crippen molar-refractivity contribution in [3.8, 4) is 0 Å². The molecule has 32 heavy (non-hydrogen) atoms. The number of imidazole rings is 1. The molecule has 0 N–H and O–H groups in total. The average molecular weight is 432 g/mol. The number of unbranched alkanes of at least 4 members (excludes halogenated alkanes) is 5. The third-order valence-electron chi connectivity index (χ3n) is 7.01. The molecule has 2 aromatic carbocycles. The summed E-state index contributed by atoms with van der Waals surface area (Å²) in [7, 11) is 0. The molecule has 0 saturated heterocycles. The lowest BCUT2D eigenvalue weighted by atomic mass is 9.70. The Kier molecular flexibility index (Phi) is 9.59. The molecule has 172 valence electrons. The maximum atomic E-state index is 2.52. The van der Waals surface area contributed by atoms with E-state index < -0.39 is 0 Å². The summed E-state index contributed by atoms with van der Waals surface area (Å²) in [6.45, 7) is 8.18. The summed E-state index contributed by atoms with van der Waals surface area (Å²) < 4.78 is 4.92. The fraction of sp³-hybridized carbons (Fsp3) is 0.500. The Morgan fingerprint density at radius 3 is 2.16 bits per heavy atom. The van der Waals surface area contributed by atoms with Crippen LogP contribution < -0.4 is 4.57 Å². The minimum absolute atomic E-state index is 0.0232. The van der Waals surface area contributed by atoms with Gasteiger partial charge in [-0.05, 0) is 43.2 Å². The number of hydrogen-bond donors (Lipinski definition) is 0. The molecule has 0 spiro atoms. The number of aryl methyl sites for hydroxylation is 1. The Bertz CT molecular complexity index is 883. The van der Waals surface area contributed by atoms with Gasteiger partial charge in [-0.15, -0.1) is 0 Å². The third-order valence-corrected chi connectivity index (χ3v) is 7.01. The maximum Gasteiger partial charge on any atom is 0.244 e. The first-order valence-electron chi connectivity index (χ1n) is 12.8. The standard InChI is InChI=1S/C30H43N2/c1-4-6-8-16-22-31-23-24-32(26-31)29(21-11-7-5-2)30(3,28-19-14-10-15-20-28)25-27-17-12-9-13-18-27/h9-10,12-15,17-20,23-24,26,29H,4-8,11,16,21-22,25H2,1-3H3/q+1. The molecule has 0 aliphatic heterocycles. The van der Waals surface area contributed by atoms with Crippen LogP contribution in [0.25, 0.3) is 0 Å². The van der Waals surface area contributed by atoms with Gasteiger partial charge < -0.3 is 0 Å². The Labute approximate surface area is 196 Å². The molecule has 3 aromatic rings. The molecule has 0 aliphatic rings. The van der Waals surface area contributed by atoms with E-state index in [2.05, 4.69) is 109 Å². The van der Waals surface area contributed by atoms with E-state index in [1.807, 2.05) is 0 Å². The van der Waals surface area contributed by atoms with Gasteiger partial charge in [0.25, 0.3) is 0 Å². The first kappa shape index (κ1) is 24.3. The fourth-order valence-electron chi connectivity index (χ4n) is 5.08. The van der Waals surface area contributed by atoms with Gasteiger partial charge in [-0.2, -0.15) is 0 Å². The van der Waals surface area contributed by atoms with E-state index in [0.29, 0.717) is 6.04 Å². The fourth-order valence-corrected chi connectivity index (χ4v) is 5.08. The van der Waals surface area contributed by atoms with Crippen molar-refractivity contribution in [2.45, 2.75) is 96.6 Å². The summed E-state index contributed by atoms with van der Waals surface area (Å²) in [5, 5.41) is 0. The van der Waals surface area contributed by atoms with E-state index in [9.17, 15) is 0 Å². The molecule has 2 atom stereocenters. The van der Waals surface area contributed by atoms with E-state index >= 15 is 0 Å². The van der Waals surface area contributed by atoms with Crippen LogP contribution in [0, 0.1) is 0 Å². The van der Waals surface area contributed by atoms with Crippen molar-refractivity contribution in [1.29, 1.82) is 0 Å². The Balaban J connectivity index is 1.93. The molecule has 0 bridgehead atoms. The molecule has 2 unspecified atom stereocenters. The van der Waals surface area contributed by atoms with Crippen molar-refractivity contribution in [3.63, 3.8) is 0 Å². The molecule has 0 saturated carbocycles. The van der Waals surface area contributed by atoms with Crippen LogP contribution in [0.2, 0.25) is 0 Å². The molecule has 0 radical (unpaired) electrons. The van der Waals surface area contributed by atoms with E-state index in [4.69, 9.17) is 0 Å². The molecule has 2 heteroatoms. The Morgan fingerprint density at radius 2 is 1.47 bits per heavy atom. The predicted octanol–water partition coefficient (Wildman–Crippen LogP) is 7.68. The summed E-state index contributed by atoms with van der Waals surface area (Å²) in [6.07, 6.45) is 18.3. The molecule has 3 rings (SSSR count). The van der Waals surface area contributed by atoms with Gasteiger partial charge in [-0.1, -0.05) is 107 Å². The van der Waals surface area contributed by atoms with Crippen LogP contribution in [0.5, 0.6) is 0 Å². The highest BCUT2D eigenvalue weighted by molar-refractivity contribution is 5.30. The minimum atomic E-state index is 0.0232. The topological polar surface area (TPSA) is 8.81 Å². The van der Waals surface area contributed by atoms with E-state index in [1.165, 1.54) is 62.5 Å². The number of benzene rings is 2. The molecular weight excluding hydrogens is 388 g/mol. The van der Waals surface area contributed by atoms with Gasteiger partial charge in [0.15, 0.2) is 0 Å². The summed E-state index contributed by atoms with van der Waals surface area (Å²) in [5.74, 6) is 0. The molecule has 0 amide bonds. The zero-order chi connectivity index (χ0) is 22.7. The summed E-state index contributed by atoms with van der Waals surface area (Å²) in [6, 6.07) is 22.7. The molecular formula is C30H43N2+. The van der Waals surface area contributed by atoms with Crippen molar-refractivity contribution in [3.05, 3.63) is 90.5 Å². The molecule has 1 aromatic heterocycles. The quantitative estimate of drug-likeness (QED) is 0.183. The van der Waals surface area contributed by atoms with Crippen LogP contribution in [-0.2, 0) is 18.4 Å². The predicted molar refractivity (Wildman–Crippen MR) is 136 cm³/mol. The highest BCUT2D eigenvalue weighted by Crippen LogP contribution is 2.41. The van der Waals surface area contributed by atoms with Crippen LogP contribution in [0.3, 0.4) is 0 Å². The Morgan fingerprint density at radius 1 is 0.812 bits per heavy atom. The summed E-state index contributed by atoms with van der Waals surface area (Å²) >= 11 is 0. The number of aromatic nitrogens is 2. The highest BCUT2D eigenvalue weighted by Gasteiger charge is 2.40. The SMILES string of the molecule is CCCCCC[n+]1ccn(C(CCCCC)C(C)(Cc2ccccc2)c2ccccc2)c1. The van der Waals surface area contributed by atoms with E-state index in [0.717, 1.165) is 13.0 Å². The zero-order valence-corrected chi connectivity index (χ0v) is 20.5. The van der Waals surface area contributed by atoms with Gasteiger partial charge in [0.2, 0.25) is 6.33 Å². The van der Waals surface area contributed by atoms with Crippen molar-refractivity contribution in [2.24, 2.45) is 0 Å². The van der Waals surface area contributed by atoms with E-state index in [-0.39, 0.29) is 5.41 Å². The monoisotopic (exact) mass is 431 g/mol. The first-order chi connectivity index (χ1) is 15.7. The van der Waals surface area contributed by atoms with Gasteiger partial charge in [0.1, 0.15) is 18.4 Å². The van der Waals surface area contributed by atoms with Gasteiger partial charge in [0.05, 0.1) is 6.54 Å². The minimum Gasteiger partial charge on any atom is -0.237 e. The highest BCUT2D eigenvalue weighted by atomic mass is 15.1. The van der Waals surface area contributed by atoms with Crippen molar-refractivity contribution >= 4 is 0 Å². The normalized spacial score (nSPS) is 14.2. The van der Waals surface area contributed by atoms with Crippen LogP contribution in [0.1, 0.15) is 89.3 Å².